The van der Waals surface area contributed by atoms with E-state index in [9.17, 15) is 22.4 Å². The SMILES string of the molecule is CCC(CC)c1ccc(C(=O)Oc2ccc(OC(F)(F)F)c(F)c2)cc1. The van der Waals surface area contributed by atoms with Crippen LogP contribution in [0.3, 0.4) is 0 Å². The molecule has 140 valence electrons. The smallest absolute Gasteiger partial charge is 0.423 e. The molecule has 2 aromatic rings. The first kappa shape index (κ1) is 19.8. The lowest BCUT2D eigenvalue weighted by molar-refractivity contribution is -0.275. The average molecular weight is 370 g/mol. The van der Waals surface area contributed by atoms with Gasteiger partial charge in [-0.15, -0.1) is 13.2 Å². The Morgan fingerprint density at radius 1 is 1.04 bits per heavy atom. The zero-order valence-corrected chi connectivity index (χ0v) is 14.3. The Morgan fingerprint density at radius 3 is 2.15 bits per heavy atom. The van der Waals surface area contributed by atoms with E-state index >= 15 is 0 Å². The highest BCUT2D eigenvalue weighted by atomic mass is 19.4. The van der Waals surface area contributed by atoms with Crippen molar-refractivity contribution >= 4 is 5.97 Å². The van der Waals surface area contributed by atoms with Crippen LogP contribution in [-0.2, 0) is 0 Å². The fourth-order valence-electron chi connectivity index (χ4n) is 2.57. The molecule has 2 rings (SSSR count). The largest absolute Gasteiger partial charge is 0.573 e. The highest BCUT2D eigenvalue weighted by Crippen LogP contribution is 2.29. The molecule has 0 bridgehead atoms. The highest BCUT2D eigenvalue weighted by molar-refractivity contribution is 5.91. The van der Waals surface area contributed by atoms with Crippen molar-refractivity contribution in [3.05, 3.63) is 59.4 Å². The third-order valence-electron chi connectivity index (χ3n) is 3.94. The molecule has 0 aromatic heterocycles. The van der Waals surface area contributed by atoms with E-state index in [2.05, 4.69) is 18.6 Å². The number of hydrogen-bond donors (Lipinski definition) is 0. The van der Waals surface area contributed by atoms with Crippen molar-refractivity contribution in [2.45, 2.75) is 39.0 Å². The maximum atomic E-state index is 13.6. The van der Waals surface area contributed by atoms with Gasteiger partial charge in [0.1, 0.15) is 5.75 Å². The molecule has 0 amide bonds. The predicted molar refractivity (Wildman–Crippen MR) is 87.8 cm³/mol. The second-order valence-electron chi connectivity index (χ2n) is 5.66. The number of halogens is 4. The molecule has 0 fully saturated rings. The molecule has 0 spiro atoms. The topological polar surface area (TPSA) is 35.5 Å². The van der Waals surface area contributed by atoms with E-state index in [4.69, 9.17) is 4.74 Å². The maximum Gasteiger partial charge on any atom is 0.573 e. The second kappa shape index (κ2) is 8.21. The predicted octanol–water partition coefficient (Wildman–Crippen LogP) is 5.85. The monoisotopic (exact) mass is 370 g/mol. The summed E-state index contributed by atoms with van der Waals surface area (Å²) in [5.74, 6) is -2.82. The van der Waals surface area contributed by atoms with Crippen molar-refractivity contribution < 1.29 is 31.8 Å². The van der Waals surface area contributed by atoms with Gasteiger partial charge in [0.25, 0.3) is 0 Å². The van der Waals surface area contributed by atoms with Crippen LogP contribution in [0, 0.1) is 5.82 Å². The Balaban J connectivity index is 2.09. The summed E-state index contributed by atoms with van der Waals surface area (Å²) in [4.78, 5) is 12.1. The molecule has 0 saturated heterocycles. The molecular formula is C19H18F4O3. The highest BCUT2D eigenvalue weighted by Gasteiger charge is 2.32. The van der Waals surface area contributed by atoms with Gasteiger partial charge in [-0.05, 0) is 48.6 Å². The van der Waals surface area contributed by atoms with Crippen LogP contribution in [0.1, 0.15) is 48.5 Å². The molecule has 7 heteroatoms. The number of esters is 1. The van der Waals surface area contributed by atoms with Gasteiger partial charge in [0.2, 0.25) is 0 Å². The Bertz CT molecular complexity index is 750. The van der Waals surface area contributed by atoms with Crippen LogP contribution in [0.15, 0.2) is 42.5 Å². The van der Waals surface area contributed by atoms with Crippen LogP contribution < -0.4 is 9.47 Å². The third-order valence-corrected chi connectivity index (χ3v) is 3.94. The van der Waals surface area contributed by atoms with Gasteiger partial charge in [-0.2, -0.15) is 0 Å². The fraction of sp³-hybridized carbons (Fsp3) is 0.316. The summed E-state index contributed by atoms with van der Waals surface area (Å²) in [6, 6.07) is 9.31. The standard InChI is InChI=1S/C19H18F4O3/c1-3-12(4-2)13-5-7-14(8-6-13)18(24)25-15-9-10-17(16(20)11-15)26-19(21,22)23/h5-12H,3-4H2,1-2H3. The van der Waals surface area contributed by atoms with Gasteiger partial charge in [0.15, 0.2) is 11.6 Å². The maximum absolute atomic E-state index is 13.6. The summed E-state index contributed by atoms with van der Waals surface area (Å²) in [7, 11) is 0. The van der Waals surface area contributed by atoms with Gasteiger partial charge < -0.3 is 9.47 Å². The lowest BCUT2D eigenvalue weighted by Gasteiger charge is -2.13. The van der Waals surface area contributed by atoms with E-state index < -0.39 is 23.9 Å². The van der Waals surface area contributed by atoms with Crippen LogP contribution in [0.2, 0.25) is 0 Å². The Hall–Kier alpha value is -2.57. The van der Waals surface area contributed by atoms with Gasteiger partial charge >= 0.3 is 12.3 Å². The zero-order chi connectivity index (χ0) is 19.3. The van der Waals surface area contributed by atoms with E-state index in [0.29, 0.717) is 12.0 Å². The minimum absolute atomic E-state index is 0.217. The van der Waals surface area contributed by atoms with E-state index in [-0.39, 0.29) is 11.3 Å². The Morgan fingerprint density at radius 2 is 1.65 bits per heavy atom. The van der Waals surface area contributed by atoms with Crippen molar-refractivity contribution in [2.75, 3.05) is 0 Å². The molecule has 0 aliphatic heterocycles. The zero-order valence-electron chi connectivity index (χ0n) is 14.3. The van der Waals surface area contributed by atoms with Crippen molar-refractivity contribution in [2.24, 2.45) is 0 Å². The summed E-state index contributed by atoms with van der Waals surface area (Å²) in [5, 5.41) is 0. The summed E-state index contributed by atoms with van der Waals surface area (Å²) < 4.78 is 58.5. The number of rotatable bonds is 6. The molecule has 3 nitrogen and oxygen atoms in total. The molecule has 0 heterocycles. The van der Waals surface area contributed by atoms with Gasteiger partial charge in [-0.3, -0.25) is 0 Å². The van der Waals surface area contributed by atoms with Crippen LogP contribution >= 0.6 is 0 Å². The summed E-state index contributed by atoms with van der Waals surface area (Å²) in [5.41, 5.74) is 1.36. The number of alkyl halides is 3. The van der Waals surface area contributed by atoms with E-state index in [1.165, 1.54) is 0 Å². The van der Waals surface area contributed by atoms with Crippen molar-refractivity contribution in [3.63, 3.8) is 0 Å². The summed E-state index contributed by atoms with van der Waals surface area (Å²) >= 11 is 0. The van der Waals surface area contributed by atoms with Crippen LogP contribution in [0.5, 0.6) is 11.5 Å². The first-order valence-electron chi connectivity index (χ1n) is 8.11. The average Bonchev–Trinajstić information content (AvgIpc) is 2.58. The van der Waals surface area contributed by atoms with Crippen molar-refractivity contribution in [1.29, 1.82) is 0 Å². The lowest BCUT2D eigenvalue weighted by Crippen LogP contribution is -2.18. The molecule has 2 aromatic carbocycles. The number of carbonyl (C=O) groups is 1. The molecule has 0 saturated carbocycles. The minimum atomic E-state index is -5.00. The first-order chi connectivity index (χ1) is 12.2. The second-order valence-corrected chi connectivity index (χ2v) is 5.66. The molecule has 0 aliphatic rings. The van der Waals surface area contributed by atoms with Crippen molar-refractivity contribution in [1.82, 2.24) is 0 Å². The molecule has 0 atom stereocenters. The van der Waals surface area contributed by atoms with Gasteiger partial charge in [-0.25, -0.2) is 9.18 Å². The molecule has 0 radical (unpaired) electrons. The lowest BCUT2D eigenvalue weighted by atomic mass is 9.93. The van der Waals surface area contributed by atoms with E-state index in [0.717, 1.165) is 30.5 Å². The van der Waals surface area contributed by atoms with E-state index in [1.54, 1.807) is 12.1 Å². The molecule has 0 N–H and O–H groups in total. The first-order valence-corrected chi connectivity index (χ1v) is 8.11. The molecule has 0 aliphatic carbocycles. The van der Waals surface area contributed by atoms with Gasteiger partial charge in [0, 0.05) is 6.07 Å². The number of benzene rings is 2. The minimum Gasteiger partial charge on any atom is -0.423 e. The van der Waals surface area contributed by atoms with E-state index in [1.807, 2.05) is 12.1 Å². The summed E-state index contributed by atoms with van der Waals surface area (Å²) in [6.45, 7) is 4.16. The normalized spacial score (nSPS) is 11.5. The van der Waals surface area contributed by atoms with Gasteiger partial charge in [-0.1, -0.05) is 26.0 Å². The van der Waals surface area contributed by atoms with Crippen LogP contribution in [0.4, 0.5) is 17.6 Å². The Kier molecular flexibility index (Phi) is 6.23. The Labute approximate surface area is 148 Å². The molecule has 0 unspecified atom stereocenters. The number of ether oxygens (including phenoxy) is 2. The molecular weight excluding hydrogens is 352 g/mol. The summed E-state index contributed by atoms with van der Waals surface area (Å²) in [6.07, 6.45) is -3.05. The third kappa shape index (κ3) is 5.21. The quantitative estimate of drug-likeness (QED) is 0.364. The van der Waals surface area contributed by atoms with Gasteiger partial charge in [0.05, 0.1) is 5.56 Å². The number of carbonyl (C=O) groups excluding carboxylic acids is 1. The fourth-order valence-corrected chi connectivity index (χ4v) is 2.57. The molecule has 26 heavy (non-hydrogen) atoms. The number of hydrogen-bond acceptors (Lipinski definition) is 3. The van der Waals surface area contributed by atoms with Crippen LogP contribution in [-0.4, -0.2) is 12.3 Å². The van der Waals surface area contributed by atoms with Crippen molar-refractivity contribution in [3.8, 4) is 11.5 Å². The van der Waals surface area contributed by atoms with Crippen LogP contribution in [0.25, 0.3) is 0 Å².